The highest BCUT2D eigenvalue weighted by atomic mass is 35.5. The topological polar surface area (TPSA) is 105 Å². The van der Waals surface area contributed by atoms with Crippen molar-refractivity contribution in [1.29, 1.82) is 0 Å². The molecule has 12 heteroatoms. The Morgan fingerprint density at radius 2 is 2.12 bits per heavy atom. The number of halogens is 1. The van der Waals surface area contributed by atoms with Crippen LogP contribution >= 0.6 is 36.0 Å². The van der Waals surface area contributed by atoms with Gasteiger partial charge in [-0.05, 0) is 59.1 Å². The van der Waals surface area contributed by atoms with Crippen molar-refractivity contribution < 1.29 is 9.47 Å². The SMILES string of the molecule is NC(=S)N/N=C1/C[C@H](n2nnn(-c3ccc(Cl)cc3)c2=S)[C@H]2CO[C@@H]1O2. The van der Waals surface area contributed by atoms with Crippen molar-refractivity contribution >= 4 is 46.9 Å². The number of rotatable bonds is 3. The van der Waals surface area contributed by atoms with Gasteiger partial charge in [-0.3, -0.25) is 5.43 Å². The molecule has 0 amide bonds. The standard InChI is InChI=1S/C14H14ClN7O2S2/c15-7-1-3-8(4-2-7)21-14(26)22(20-19-21)10-5-9(17-18-13(16)25)12-23-6-11(10)24-12/h1-4,10-12H,5-6H2,(H3,16,18,25)/b17-9-/t10-,11+,12+/m0/s1. The monoisotopic (exact) mass is 411 g/mol. The summed E-state index contributed by atoms with van der Waals surface area (Å²) in [5, 5.41) is 13.3. The summed E-state index contributed by atoms with van der Waals surface area (Å²) in [7, 11) is 0. The van der Waals surface area contributed by atoms with Crippen LogP contribution in [0.4, 0.5) is 0 Å². The number of thiocarbonyl (C=S) groups is 1. The summed E-state index contributed by atoms with van der Waals surface area (Å²) in [5.41, 5.74) is 9.41. The third-order valence-electron chi connectivity index (χ3n) is 4.13. The van der Waals surface area contributed by atoms with Gasteiger partial charge < -0.3 is 15.2 Å². The fourth-order valence-electron chi connectivity index (χ4n) is 2.92. The minimum atomic E-state index is -0.515. The molecule has 4 rings (SSSR count). The molecular weight excluding hydrogens is 398 g/mol. The molecule has 2 bridgehead atoms. The van der Waals surface area contributed by atoms with Gasteiger partial charge in [-0.25, -0.2) is 4.68 Å². The first-order chi connectivity index (χ1) is 12.5. The number of nitrogens with one attached hydrogen (secondary N) is 1. The first-order valence-corrected chi connectivity index (χ1v) is 8.92. The normalized spacial score (nSPS) is 26.2. The molecule has 9 nitrogen and oxygen atoms in total. The molecule has 2 aliphatic rings. The average Bonchev–Trinajstić information content (AvgIpc) is 3.20. The molecule has 1 aromatic heterocycles. The zero-order valence-corrected chi connectivity index (χ0v) is 15.7. The fraction of sp³-hybridized carbons (Fsp3) is 0.357. The number of nitrogens with two attached hydrogens (primary N) is 1. The largest absolute Gasteiger partial charge is 0.375 e. The first-order valence-electron chi connectivity index (χ1n) is 7.72. The number of benzene rings is 1. The second-order valence-corrected chi connectivity index (χ2v) is 7.03. The highest BCUT2D eigenvalue weighted by Gasteiger charge is 2.44. The third-order valence-corrected chi connectivity index (χ3v) is 4.83. The summed E-state index contributed by atoms with van der Waals surface area (Å²) in [6.45, 7) is 0.414. The van der Waals surface area contributed by atoms with Crippen LogP contribution in [0.5, 0.6) is 0 Å². The van der Waals surface area contributed by atoms with E-state index in [0.717, 1.165) is 5.69 Å². The van der Waals surface area contributed by atoms with Gasteiger partial charge in [-0.2, -0.15) is 9.78 Å². The lowest BCUT2D eigenvalue weighted by atomic mass is 10.0. The van der Waals surface area contributed by atoms with E-state index in [1.54, 1.807) is 21.5 Å². The van der Waals surface area contributed by atoms with Gasteiger partial charge in [-0.15, -0.1) is 0 Å². The molecule has 3 N–H and O–H groups in total. The Balaban J connectivity index is 1.65. The summed E-state index contributed by atoms with van der Waals surface area (Å²) >= 11 is 16.3. The van der Waals surface area contributed by atoms with Gasteiger partial charge in [0.25, 0.3) is 0 Å². The molecule has 3 atom stereocenters. The number of tetrazole rings is 1. The second kappa shape index (κ2) is 7.00. The summed E-state index contributed by atoms with van der Waals surface area (Å²) in [5.74, 6) is 0. The van der Waals surface area contributed by atoms with Gasteiger partial charge >= 0.3 is 0 Å². The Bertz CT molecular complexity index is 926. The lowest BCUT2D eigenvalue weighted by molar-refractivity contribution is -0.0324. The number of nitrogens with zero attached hydrogens (tertiary/aromatic N) is 5. The van der Waals surface area contributed by atoms with E-state index >= 15 is 0 Å². The van der Waals surface area contributed by atoms with Crippen LogP contribution in [0, 0.1) is 4.77 Å². The molecule has 0 spiro atoms. The van der Waals surface area contributed by atoms with Crippen LogP contribution in [0.1, 0.15) is 12.5 Å². The lowest BCUT2D eigenvalue weighted by Gasteiger charge is -2.27. The molecule has 2 saturated heterocycles. The Hall–Kier alpha value is -1.92. The molecule has 0 aliphatic carbocycles. The second-order valence-electron chi connectivity index (χ2n) is 5.78. The number of hydrogen-bond donors (Lipinski definition) is 2. The van der Waals surface area contributed by atoms with Crippen LogP contribution in [0.15, 0.2) is 29.4 Å². The van der Waals surface area contributed by atoms with Crippen molar-refractivity contribution in [2.24, 2.45) is 10.8 Å². The van der Waals surface area contributed by atoms with E-state index in [4.69, 9.17) is 51.2 Å². The Labute approximate surface area is 163 Å². The Morgan fingerprint density at radius 3 is 2.85 bits per heavy atom. The van der Waals surface area contributed by atoms with E-state index in [1.165, 1.54) is 0 Å². The number of fused-ring (bicyclic) bond motifs is 2. The van der Waals surface area contributed by atoms with Crippen molar-refractivity contribution in [2.75, 3.05) is 6.61 Å². The molecule has 0 radical (unpaired) electrons. The van der Waals surface area contributed by atoms with Gasteiger partial charge in [-0.1, -0.05) is 11.6 Å². The zero-order chi connectivity index (χ0) is 18.3. The van der Waals surface area contributed by atoms with Crippen LogP contribution in [-0.4, -0.2) is 49.6 Å². The minimum Gasteiger partial charge on any atom is -0.375 e. The summed E-state index contributed by atoms with van der Waals surface area (Å²) in [6.07, 6.45) is -0.178. The van der Waals surface area contributed by atoms with Crippen molar-refractivity contribution in [3.63, 3.8) is 0 Å². The van der Waals surface area contributed by atoms with Gasteiger partial charge in [0.2, 0.25) is 4.77 Å². The molecule has 2 aromatic rings. The van der Waals surface area contributed by atoms with Gasteiger partial charge in [0, 0.05) is 11.4 Å². The number of aromatic nitrogens is 4. The summed E-state index contributed by atoms with van der Waals surface area (Å²) in [4.78, 5) is 0. The number of ether oxygens (including phenoxy) is 2. The maximum Gasteiger partial charge on any atom is 0.221 e. The van der Waals surface area contributed by atoms with Crippen LogP contribution in [0.2, 0.25) is 5.02 Å². The van der Waals surface area contributed by atoms with Crippen LogP contribution < -0.4 is 11.2 Å². The summed E-state index contributed by atoms with van der Waals surface area (Å²) < 4.78 is 15.1. The van der Waals surface area contributed by atoms with E-state index < -0.39 is 6.29 Å². The lowest BCUT2D eigenvalue weighted by Crippen LogP contribution is -2.39. The molecule has 2 fully saturated rings. The molecule has 136 valence electrons. The van der Waals surface area contributed by atoms with Crippen molar-refractivity contribution in [2.45, 2.75) is 24.9 Å². The zero-order valence-electron chi connectivity index (χ0n) is 13.3. The maximum atomic E-state index is 5.93. The fourth-order valence-corrected chi connectivity index (χ4v) is 3.40. The van der Waals surface area contributed by atoms with E-state index in [-0.39, 0.29) is 17.3 Å². The molecule has 1 aromatic carbocycles. The molecule has 0 saturated carbocycles. The molecular formula is C14H14ClN7O2S2. The predicted molar refractivity (Wildman–Crippen MR) is 101 cm³/mol. The average molecular weight is 412 g/mol. The quantitative estimate of drug-likeness (QED) is 0.575. The van der Waals surface area contributed by atoms with Gasteiger partial charge in [0.05, 0.1) is 24.0 Å². The minimum absolute atomic E-state index is 0.0689. The number of hydrogen-bond acceptors (Lipinski definition) is 7. The van der Waals surface area contributed by atoms with Crippen molar-refractivity contribution in [3.05, 3.63) is 34.1 Å². The van der Waals surface area contributed by atoms with Crippen LogP contribution in [0.25, 0.3) is 5.69 Å². The third kappa shape index (κ3) is 3.23. The van der Waals surface area contributed by atoms with Gasteiger partial charge in [0.15, 0.2) is 11.4 Å². The Morgan fingerprint density at radius 1 is 1.35 bits per heavy atom. The molecule has 2 aliphatic heterocycles. The first kappa shape index (κ1) is 17.5. The van der Waals surface area contributed by atoms with Crippen molar-refractivity contribution in [3.8, 4) is 5.69 Å². The van der Waals surface area contributed by atoms with E-state index in [2.05, 4.69) is 21.0 Å². The Kier molecular flexibility index (Phi) is 4.71. The van der Waals surface area contributed by atoms with Gasteiger partial charge in [0.1, 0.15) is 6.10 Å². The summed E-state index contributed by atoms with van der Waals surface area (Å²) in [6, 6.07) is 6.98. The molecule has 26 heavy (non-hydrogen) atoms. The highest BCUT2D eigenvalue weighted by molar-refractivity contribution is 7.80. The molecule has 3 heterocycles. The van der Waals surface area contributed by atoms with E-state index in [1.807, 2.05) is 12.1 Å². The van der Waals surface area contributed by atoms with E-state index in [9.17, 15) is 0 Å². The van der Waals surface area contributed by atoms with Crippen molar-refractivity contribution in [1.82, 2.24) is 25.2 Å². The number of hydrazone groups is 1. The highest BCUT2D eigenvalue weighted by Crippen LogP contribution is 2.33. The van der Waals surface area contributed by atoms with E-state index in [0.29, 0.717) is 28.5 Å². The predicted octanol–water partition coefficient (Wildman–Crippen LogP) is 1.33. The van der Waals surface area contributed by atoms with Crippen LogP contribution in [0.3, 0.4) is 0 Å². The van der Waals surface area contributed by atoms with Crippen LogP contribution in [-0.2, 0) is 9.47 Å². The smallest absolute Gasteiger partial charge is 0.221 e. The maximum absolute atomic E-state index is 5.93. The molecule has 0 unspecified atom stereocenters.